The molecule has 0 saturated heterocycles. The maximum atomic E-state index is 11.7. The second-order valence-corrected chi connectivity index (χ2v) is 6.22. The average molecular weight is 293 g/mol. The summed E-state index contributed by atoms with van der Waals surface area (Å²) in [4.78, 5) is 13.0. The van der Waals surface area contributed by atoms with Crippen molar-refractivity contribution in [1.82, 2.24) is 5.32 Å². The lowest BCUT2D eigenvalue weighted by Gasteiger charge is -2.15. The number of thioether (sulfide) groups is 1. The fraction of sp³-hybridized carbons (Fsp3) is 0.562. The van der Waals surface area contributed by atoms with Crippen LogP contribution < -0.4 is 5.32 Å². The SMILES string of the molecule is CCCNC(CSc1ccc2c(c1)CCC2)C(=O)OC. The van der Waals surface area contributed by atoms with Crippen LogP contribution in [0.2, 0.25) is 0 Å². The molecule has 1 aliphatic carbocycles. The molecule has 110 valence electrons. The predicted octanol–water partition coefficient (Wildman–Crippen LogP) is 2.81. The normalized spacial score (nSPS) is 14.9. The molecule has 1 aromatic carbocycles. The van der Waals surface area contributed by atoms with E-state index in [9.17, 15) is 4.79 Å². The molecule has 0 heterocycles. The van der Waals surface area contributed by atoms with Gasteiger partial charge in [-0.25, -0.2) is 0 Å². The first-order valence-electron chi connectivity index (χ1n) is 7.30. The van der Waals surface area contributed by atoms with Crippen LogP contribution in [-0.4, -0.2) is 31.4 Å². The Morgan fingerprint density at radius 2 is 2.20 bits per heavy atom. The summed E-state index contributed by atoms with van der Waals surface area (Å²) in [6.45, 7) is 2.93. The Bertz CT molecular complexity index is 462. The van der Waals surface area contributed by atoms with Crippen molar-refractivity contribution in [3.8, 4) is 0 Å². The minimum Gasteiger partial charge on any atom is -0.468 e. The number of ether oxygens (including phenoxy) is 1. The number of fused-ring (bicyclic) bond motifs is 1. The largest absolute Gasteiger partial charge is 0.468 e. The second-order valence-electron chi connectivity index (χ2n) is 5.12. The van der Waals surface area contributed by atoms with Gasteiger partial charge in [0.25, 0.3) is 0 Å². The first-order chi connectivity index (χ1) is 9.74. The van der Waals surface area contributed by atoms with Gasteiger partial charge in [0.05, 0.1) is 7.11 Å². The number of methoxy groups -OCH3 is 1. The van der Waals surface area contributed by atoms with Gasteiger partial charge < -0.3 is 10.1 Å². The Hall–Kier alpha value is -1.00. The van der Waals surface area contributed by atoms with E-state index in [1.165, 1.54) is 42.4 Å². The number of hydrogen-bond acceptors (Lipinski definition) is 4. The summed E-state index contributed by atoms with van der Waals surface area (Å²) in [5.41, 5.74) is 2.97. The molecule has 0 spiro atoms. The van der Waals surface area contributed by atoms with Crippen LogP contribution in [0.3, 0.4) is 0 Å². The van der Waals surface area contributed by atoms with Gasteiger partial charge in [-0.2, -0.15) is 0 Å². The van der Waals surface area contributed by atoms with Crippen LogP contribution in [-0.2, 0) is 22.4 Å². The number of esters is 1. The van der Waals surface area contributed by atoms with Crippen LogP contribution >= 0.6 is 11.8 Å². The van der Waals surface area contributed by atoms with Gasteiger partial charge in [0.2, 0.25) is 0 Å². The smallest absolute Gasteiger partial charge is 0.323 e. The molecule has 1 N–H and O–H groups in total. The molecule has 0 aliphatic heterocycles. The Morgan fingerprint density at radius 3 is 2.95 bits per heavy atom. The third-order valence-electron chi connectivity index (χ3n) is 3.61. The van der Waals surface area contributed by atoms with Crippen molar-refractivity contribution in [2.45, 2.75) is 43.5 Å². The zero-order chi connectivity index (χ0) is 14.4. The number of carbonyl (C=O) groups excluding carboxylic acids is 1. The lowest BCUT2D eigenvalue weighted by Crippen LogP contribution is -2.40. The van der Waals surface area contributed by atoms with Gasteiger partial charge in [0, 0.05) is 10.6 Å². The lowest BCUT2D eigenvalue weighted by molar-refractivity contribution is -0.142. The molecule has 20 heavy (non-hydrogen) atoms. The number of hydrogen-bond donors (Lipinski definition) is 1. The van der Waals surface area contributed by atoms with E-state index in [0.717, 1.165) is 13.0 Å². The minimum absolute atomic E-state index is 0.174. The van der Waals surface area contributed by atoms with E-state index >= 15 is 0 Å². The third kappa shape index (κ3) is 4.00. The minimum atomic E-state index is -0.224. The number of rotatable bonds is 7. The molecule has 0 amide bonds. The molecule has 1 atom stereocenters. The van der Waals surface area contributed by atoms with E-state index in [0.29, 0.717) is 5.75 Å². The summed E-state index contributed by atoms with van der Waals surface area (Å²) in [6, 6.07) is 6.46. The highest BCUT2D eigenvalue weighted by atomic mass is 32.2. The van der Waals surface area contributed by atoms with E-state index in [2.05, 4.69) is 30.4 Å². The Labute approximate surface area is 125 Å². The Morgan fingerprint density at radius 1 is 1.40 bits per heavy atom. The van der Waals surface area contributed by atoms with Gasteiger partial charge in [-0.15, -0.1) is 11.8 Å². The molecule has 0 saturated carbocycles. The van der Waals surface area contributed by atoms with Crippen molar-refractivity contribution in [3.05, 3.63) is 29.3 Å². The molecule has 3 nitrogen and oxygen atoms in total. The van der Waals surface area contributed by atoms with Crippen molar-refractivity contribution in [1.29, 1.82) is 0 Å². The van der Waals surface area contributed by atoms with Crippen molar-refractivity contribution in [2.75, 3.05) is 19.4 Å². The highest BCUT2D eigenvalue weighted by Crippen LogP contribution is 2.27. The van der Waals surface area contributed by atoms with Crippen LogP contribution in [0.1, 0.15) is 30.9 Å². The number of aryl methyl sites for hydroxylation is 2. The molecule has 2 rings (SSSR count). The molecule has 0 fully saturated rings. The van der Waals surface area contributed by atoms with Crippen LogP contribution in [0.15, 0.2) is 23.1 Å². The molecule has 1 aromatic rings. The zero-order valence-electron chi connectivity index (χ0n) is 12.3. The van der Waals surface area contributed by atoms with Crippen molar-refractivity contribution in [3.63, 3.8) is 0 Å². The van der Waals surface area contributed by atoms with E-state index in [1.54, 1.807) is 11.8 Å². The van der Waals surface area contributed by atoms with E-state index in [4.69, 9.17) is 4.74 Å². The summed E-state index contributed by atoms with van der Waals surface area (Å²) in [5, 5.41) is 3.25. The molecular formula is C16H23NO2S. The fourth-order valence-corrected chi connectivity index (χ4v) is 3.49. The lowest BCUT2D eigenvalue weighted by atomic mass is 10.1. The molecule has 0 bridgehead atoms. The summed E-state index contributed by atoms with van der Waals surface area (Å²) in [7, 11) is 1.45. The summed E-state index contributed by atoms with van der Waals surface area (Å²) >= 11 is 1.73. The van der Waals surface area contributed by atoms with Crippen molar-refractivity contribution < 1.29 is 9.53 Å². The number of carbonyl (C=O) groups is 1. The average Bonchev–Trinajstić information content (AvgIpc) is 2.94. The van der Waals surface area contributed by atoms with E-state index in [1.807, 2.05) is 0 Å². The molecule has 0 aromatic heterocycles. The topological polar surface area (TPSA) is 38.3 Å². The first-order valence-corrected chi connectivity index (χ1v) is 8.29. The standard InChI is InChI=1S/C16H23NO2S/c1-3-9-17-15(16(18)19-2)11-20-14-8-7-12-5-4-6-13(12)10-14/h7-8,10,15,17H,3-6,9,11H2,1-2H3. The summed E-state index contributed by atoms with van der Waals surface area (Å²) in [6.07, 6.45) is 4.69. The zero-order valence-corrected chi connectivity index (χ0v) is 13.1. The Kier molecular flexibility index (Phi) is 5.92. The molecule has 0 radical (unpaired) electrons. The van der Waals surface area contributed by atoms with Gasteiger partial charge in [-0.1, -0.05) is 13.0 Å². The maximum absolute atomic E-state index is 11.7. The van der Waals surface area contributed by atoms with Crippen molar-refractivity contribution >= 4 is 17.7 Å². The number of nitrogens with one attached hydrogen (secondary N) is 1. The van der Waals surface area contributed by atoms with Gasteiger partial charge in [-0.05, 0) is 55.5 Å². The molecular weight excluding hydrogens is 270 g/mol. The first kappa shape index (κ1) is 15.4. The highest BCUT2D eigenvalue weighted by molar-refractivity contribution is 7.99. The maximum Gasteiger partial charge on any atom is 0.323 e. The second kappa shape index (κ2) is 7.70. The van der Waals surface area contributed by atoms with Gasteiger partial charge in [0.15, 0.2) is 0 Å². The van der Waals surface area contributed by atoms with Gasteiger partial charge >= 0.3 is 5.97 Å². The summed E-state index contributed by atoms with van der Waals surface area (Å²) < 4.78 is 4.86. The molecule has 1 unspecified atom stereocenters. The third-order valence-corrected chi connectivity index (χ3v) is 4.70. The van der Waals surface area contributed by atoms with Gasteiger partial charge in [0.1, 0.15) is 6.04 Å². The molecule has 4 heteroatoms. The van der Waals surface area contributed by atoms with Crippen LogP contribution in [0.5, 0.6) is 0 Å². The highest BCUT2D eigenvalue weighted by Gasteiger charge is 2.19. The Balaban J connectivity index is 1.92. The summed E-state index contributed by atoms with van der Waals surface area (Å²) in [5.74, 6) is 0.540. The van der Waals surface area contributed by atoms with Crippen molar-refractivity contribution in [2.24, 2.45) is 0 Å². The predicted molar refractivity (Wildman–Crippen MR) is 83.3 cm³/mol. The van der Waals surface area contributed by atoms with E-state index in [-0.39, 0.29) is 12.0 Å². The monoisotopic (exact) mass is 293 g/mol. The number of benzene rings is 1. The van der Waals surface area contributed by atoms with Crippen LogP contribution in [0, 0.1) is 0 Å². The van der Waals surface area contributed by atoms with Crippen LogP contribution in [0.25, 0.3) is 0 Å². The van der Waals surface area contributed by atoms with E-state index < -0.39 is 0 Å². The van der Waals surface area contributed by atoms with Gasteiger partial charge in [-0.3, -0.25) is 4.79 Å². The molecule has 1 aliphatic rings. The fourth-order valence-electron chi connectivity index (χ4n) is 2.49. The quantitative estimate of drug-likeness (QED) is 0.620. The van der Waals surface area contributed by atoms with Crippen LogP contribution in [0.4, 0.5) is 0 Å².